The molecule has 1 N–H and O–H groups in total. The van der Waals surface area contributed by atoms with Crippen LogP contribution in [0.25, 0.3) is 0 Å². The van der Waals surface area contributed by atoms with Gasteiger partial charge >= 0.3 is 5.97 Å². The summed E-state index contributed by atoms with van der Waals surface area (Å²) in [6.45, 7) is 0. The third kappa shape index (κ3) is 1.98. The second-order valence-electron chi connectivity index (χ2n) is 4.25. The first-order chi connectivity index (χ1) is 5.79. The lowest BCUT2D eigenvalue weighted by atomic mass is 9.65. The predicted octanol–water partition coefficient (Wildman–Crippen LogP) is 2.71. The molecule has 0 heterocycles. The van der Waals surface area contributed by atoms with Gasteiger partial charge in [-0.25, -0.2) is 0 Å². The molecular weight excluding hydrogens is 188 g/mol. The highest BCUT2D eigenvalue weighted by molar-refractivity contribution is 5.85. The van der Waals surface area contributed by atoms with Crippen molar-refractivity contribution in [2.24, 2.45) is 17.8 Å². The Kier molecular flexibility index (Phi) is 3.60. The Labute approximate surface area is 85.1 Å². The van der Waals surface area contributed by atoms with E-state index < -0.39 is 5.97 Å². The Bertz CT molecular complexity index is 171. The fourth-order valence-corrected chi connectivity index (χ4v) is 3.08. The largest absolute Gasteiger partial charge is 0.481 e. The standard InChI is InChI=1S/C10H16O2.ClH/c11-10(12)9-7-3-1-4-8(9)6-2-5-7;/h7-9H,1-6H2,(H,11,12);1H. The molecule has 2 nitrogen and oxygen atoms in total. The van der Waals surface area contributed by atoms with E-state index in [0.29, 0.717) is 11.8 Å². The molecule has 13 heavy (non-hydrogen) atoms. The van der Waals surface area contributed by atoms with Crippen LogP contribution in [0.3, 0.4) is 0 Å². The van der Waals surface area contributed by atoms with Crippen molar-refractivity contribution in [1.29, 1.82) is 0 Å². The Balaban J connectivity index is 0.000000845. The van der Waals surface area contributed by atoms with Gasteiger partial charge in [-0.3, -0.25) is 4.79 Å². The van der Waals surface area contributed by atoms with Gasteiger partial charge in [0.05, 0.1) is 5.92 Å². The maximum absolute atomic E-state index is 11.0. The van der Waals surface area contributed by atoms with Crippen LogP contribution in [0, 0.1) is 17.8 Å². The highest BCUT2D eigenvalue weighted by atomic mass is 35.5. The van der Waals surface area contributed by atoms with E-state index in [0.717, 1.165) is 25.7 Å². The van der Waals surface area contributed by atoms with Gasteiger partial charge in [0.15, 0.2) is 0 Å². The lowest BCUT2D eigenvalue weighted by molar-refractivity contribution is -0.149. The summed E-state index contributed by atoms with van der Waals surface area (Å²) in [4.78, 5) is 11.0. The molecule has 0 radical (unpaired) electrons. The van der Waals surface area contributed by atoms with Crippen molar-refractivity contribution >= 4 is 18.4 Å². The molecule has 2 bridgehead atoms. The van der Waals surface area contributed by atoms with Gasteiger partial charge in [0, 0.05) is 0 Å². The lowest BCUT2D eigenvalue weighted by Gasteiger charge is -2.39. The van der Waals surface area contributed by atoms with E-state index in [9.17, 15) is 4.79 Å². The van der Waals surface area contributed by atoms with Crippen LogP contribution >= 0.6 is 12.4 Å². The quantitative estimate of drug-likeness (QED) is 0.713. The summed E-state index contributed by atoms with van der Waals surface area (Å²) < 4.78 is 0. The summed E-state index contributed by atoms with van der Waals surface area (Å²) in [5.41, 5.74) is 0. The van der Waals surface area contributed by atoms with Crippen LogP contribution < -0.4 is 0 Å². The number of carboxylic acids is 1. The van der Waals surface area contributed by atoms with Crippen LogP contribution in [0.2, 0.25) is 0 Å². The van der Waals surface area contributed by atoms with Gasteiger partial charge in [0.25, 0.3) is 0 Å². The number of carboxylic acid groups (broad SMARTS) is 1. The average Bonchev–Trinajstić information content (AvgIpc) is 2.02. The third-order valence-electron chi connectivity index (χ3n) is 3.60. The monoisotopic (exact) mass is 204 g/mol. The van der Waals surface area contributed by atoms with Crippen molar-refractivity contribution < 1.29 is 9.90 Å². The van der Waals surface area contributed by atoms with Crippen molar-refractivity contribution in [2.75, 3.05) is 0 Å². The van der Waals surface area contributed by atoms with Crippen LogP contribution in [0.15, 0.2) is 0 Å². The molecule has 0 atom stereocenters. The molecule has 0 aromatic carbocycles. The molecule has 0 aromatic heterocycles. The number of fused-ring (bicyclic) bond motifs is 2. The molecule has 0 aromatic rings. The maximum Gasteiger partial charge on any atom is 0.307 e. The van der Waals surface area contributed by atoms with Crippen molar-refractivity contribution in [3.63, 3.8) is 0 Å². The predicted molar refractivity (Wildman–Crippen MR) is 53.1 cm³/mol. The topological polar surface area (TPSA) is 37.3 Å². The molecule has 76 valence electrons. The Morgan fingerprint density at radius 3 is 1.62 bits per heavy atom. The molecule has 0 amide bonds. The van der Waals surface area contributed by atoms with Gasteiger partial charge in [-0.05, 0) is 37.5 Å². The molecule has 2 saturated carbocycles. The first-order valence-electron chi connectivity index (χ1n) is 5.02. The average molecular weight is 205 g/mol. The van der Waals surface area contributed by atoms with Gasteiger partial charge in [-0.15, -0.1) is 12.4 Å². The van der Waals surface area contributed by atoms with E-state index in [1.165, 1.54) is 12.8 Å². The van der Waals surface area contributed by atoms with E-state index in [-0.39, 0.29) is 18.3 Å². The normalized spacial score (nSPS) is 37.7. The van der Waals surface area contributed by atoms with Gasteiger partial charge in [0.1, 0.15) is 0 Å². The first-order valence-corrected chi connectivity index (χ1v) is 5.02. The van der Waals surface area contributed by atoms with Crippen LogP contribution in [0.5, 0.6) is 0 Å². The summed E-state index contributed by atoms with van der Waals surface area (Å²) in [5, 5.41) is 9.04. The zero-order valence-corrected chi connectivity index (χ0v) is 8.55. The number of carbonyl (C=O) groups is 1. The molecule has 2 fully saturated rings. The minimum atomic E-state index is -0.538. The summed E-state index contributed by atoms with van der Waals surface area (Å²) in [5.74, 6) is 0.488. The number of hydrogen-bond acceptors (Lipinski definition) is 1. The molecule has 2 aliphatic carbocycles. The van der Waals surface area contributed by atoms with E-state index >= 15 is 0 Å². The maximum atomic E-state index is 11.0. The van der Waals surface area contributed by atoms with E-state index in [4.69, 9.17) is 5.11 Å². The van der Waals surface area contributed by atoms with Gasteiger partial charge < -0.3 is 5.11 Å². The highest BCUT2D eigenvalue weighted by Gasteiger charge is 2.40. The fraction of sp³-hybridized carbons (Fsp3) is 0.900. The van der Waals surface area contributed by atoms with Gasteiger partial charge in [-0.2, -0.15) is 0 Å². The molecule has 2 aliphatic rings. The van der Waals surface area contributed by atoms with Crippen LogP contribution in [-0.4, -0.2) is 11.1 Å². The molecule has 0 unspecified atom stereocenters. The zero-order chi connectivity index (χ0) is 8.55. The Morgan fingerprint density at radius 2 is 1.38 bits per heavy atom. The van der Waals surface area contributed by atoms with E-state index in [1.54, 1.807) is 0 Å². The van der Waals surface area contributed by atoms with Crippen molar-refractivity contribution in [3.8, 4) is 0 Å². The van der Waals surface area contributed by atoms with E-state index in [1.807, 2.05) is 0 Å². The Hall–Kier alpha value is -0.240. The fourth-order valence-electron chi connectivity index (χ4n) is 3.08. The minimum Gasteiger partial charge on any atom is -0.481 e. The van der Waals surface area contributed by atoms with Crippen LogP contribution in [-0.2, 0) is 4.79 Å². The van der Waals surface area contributed by atoms with Crippen molar-refractivity contribution in [3.05, 3.63) is 0 Å². The Morgan fingerprint density at radius 1 is 1.00 bits per heavy atom. The number of halogens is 1. The molecule has 0 spiro atoms. The van der Waals surface area contributed by atoms with Gasteiger partial charge in [0.2, 0.25) is 0 Å². The number of rotatable bonds is 1. The summed E-state index contributed by atoms with van der Waals surface area (Å²) in [6.07, 6.45) is 7.17. The number of aliphatic carboxylic acids is 1. The van der Waals surface area contributed by atoms with Crippen molar-refractivity contribution in [2.45, 2.75) is 38.5 Å². The summed E-state index contributed by atoms with van der Waals surface area (Å²) in [7, 11) is 0. The lowest BCUT2D eigenvalue weighted by Crippen LogP contribution is -2.37. The molecular formula is C10H17ClO2. The molecule has 3 heteroatoms. The van der Waals surface area contributed by atoms with Crippen LogP contribution in [0.4, 0.5) is 0 Å². The smallest absolute Gasteiger partial charge is 0.307 e. The zero-order valence-electron chi connectivity index (χ0n) is 7.74. The summed E-state index contributed by atoms with van der Waals surface area (Å²) in [6, 6.07) is 0. The van der Waals surface area contributed by atoms with Gasteiger partial charge in [-0.1, -0.05) is 12.8 Å². The SMILES string of the molecule is Cl.O=C(O)C1C2CCCC1CCC2. The highest BCUT2D eigenvalue weighted by Crippen LogP contribution is 2.44. The second-order valence-corrected chi connectivity index (χ2v) is 4.25. The second kappa shape index (κ2) is 4.32. The van der Waals surface area contributed by atoms with Crippen molar-refractivity contribution in [1.82, 2.24) is 0 Å². The molecule has 2 rings (SSSR count). The minimum absolute atomic E-state index is 0. The third-order valence-corrected chi connectivity index (χ3v) is 3.60. The molecule has 0 aliphatic heterocycles. The number of hydrogen-bond donors (Lipinski definition) is 1. The molecule has 0 saturated heterocycles. The summed E-state index contributed by atoms with van der Waals surface area (Å²) >= 11 is 0. The van der Waals surface area contributed by atoms with Crippen LogP contribution in [0.1, 0.15) is 38.5 Å². The first kappa shape index (κ1) is 10.8. The van der Waals surface area contributed by atoms with E-state index in [2.05, 4.69) is 0 Å².